The summed E-state index contributed by atoms with van der Waals surface area (Å²) in [4.78, 5) is 2.43. The molecule has 1 aromatic carbocycles. The van der Waals surface area contributed by atoms with Gasteiger partial charge in [-0.05, 0) is 30.9 Å². The molecule has 2 rings (SSSR count). The largest absolute Gasteiger partial charge is 0.371 e. The van der Waals surface area contributed by atoms with Crippen molar-refractivity contribution in [3.63, 3.8) is 0 Å². The lowest BCUT2D eigenvalue weighted by Crippen LogP contribution is -2.35. The van der Waals surface area contributed by atoms with Crippen LogP contribution < -0.4 is 4.90 Å². The molecule has 13 heavy (non-hydrogen) atoms. The van der Waals surface area contributed by atoms with Crippen LogP contribution >= 0.6 is 0 Å². The maximum atomic E-state index is 2.43. The van der Waals surface area contributed by atoms with Crippen LogP contribution in [0.1, 0.15) is 25.3 Å². The monoisotopic (exact) mass is 175 g/mol. The molecule has 0 saturated carbocycles. The molecule has 0 aromatic heterocycles. The maximum absolute atomic E-state index is 2.43. The summed E-state index contributed by atoms with van der Waals surface area (Å²) >= 11 is 0. The van der Waals surface area contributed by atoms with Gasteiger partial charge in [-0.25, -0.2) is 0 Å². The molecule has 70 valence electrons. The molecule has 1 aromatic rings. The fraction of sp³-hybridized carbons (Fsp3) is 0.500. The summed E-state index contributed by atoms with van der Waals surface area (Å²) in [5, 5.41) is 0. The summed E-state index contributed by atoms with van der Waals surface area (Å²) in [7, 11) is 2.21. The van der Waals surface area contributed by atoms with Gasteiger partial charge in [-0.3, -0.25) is 0 Å². The highest BCUT2D eigenvalue weighted by Crippen LogP contribution is 2.29. The van der Waals surface area contributed by atoms with Gasteiger partial charge in [-0.2, -0.15) is 0 Å². The fourth-order valence-corrected chi connectivity index (χ4v) is 2.26. The summed E-state index contributed by atoms with van der Waals surface area (Å²) in [5.74, 6) is 0. The Labute approximate surface area is 80.4 Å². The highest BCUT2D eigenvalue weighted by Gasteiger charge is 2.20. The van der Waals surface area contributed by atoms with Crippen molar-refractivity contribution in [3.05, 3.63) is 29.8 Å². The average molecular weight is 175 g/mol. The Kier molecular flexibility index (Phi) is 2.26. The van der Waals surface area contributed by atoms with Crippen LogP contribution in [-0.2, 0) is 6.42 Å². The molecule has 1 heterocycles. The molecule has 0 fully saturated rings. The third-order valence-corrected chi connectivity index (χ3v) is 3.14. The lowest BCUT2D eigenvalue weighted by Gasteiger charge is -2.35. The highest BCUT2D eigenvalue weighted by molar-refractivity contribution is 5.55. The fourth-order valence-electron chi connectivity index (χ4n) is 2.26. The minimum absolute atomic E-state index is 0.745. The molecule has 0 radical (unpaired) electrons. The predicted molar refractivity (Wildman–Crippen MR) is 57.2 cm³/mol. The van der Waals surface area contributed by atoms with E-state index in [-0.39, 0.29) is 0 Å². The van der Waals surface area contributed by atoms with Gasteiger partial charge in [0.1, 0.15) is 0 Å². The van der Waals surface area contributed by atoms with E-state index in [1.807, 2.05) is 0 Å². The van der Waals surface area contributed by atoms with E-state index in [0.29, 0.717) is 0 Å². The van der Waals surface area contributed by atoms with E-state index in [1.165, 1.54) is 30.5 Å². The molecule has 1 atom stereocenters. The van der Waals surface area contributed by atoms with Crippen LogP contribution in [0.15, 0.2) is 24.3 Å². The molecule has 0 N–H and O–H groups in total. The number of benzene rings is 1. The zero-order chi connectivity index (χ0) is 9.26. The number of hydrogen-bond acceptors (Lipinski definition) is 1. The number of nitrogens with zero attached hydrogens (tertiary/aromatic N) is 1. The Morgan fingerprint density at radius 3 is 2.92 bits per heavy atom. The lowest BCUT2D eigenvalue weighted by molar-refractivity contribution is 0.542. The Morgan fingerprint density at radius 1 is 1.38 bits per heavy atom. The molecule has 0 spiro atoms. The number of rotatable bonds is 1. The van der Waals surface area contributed by atoms with Gasteiger partial charge in [0.2, 0.25) is 0 Å². The molecule has 0 saturated heterocycles. The van der Waals surface area contributed by atoms with Gasteiger partial charge < -0.3 is 4.90 Å². The van der Waals surface area contributed by atoms with Gasteiger partial charge >= 0.3 is 0 Å². The van der Waals surface area contributed by atoms with Crippen LogP contribution in [0.3, 0.4) is 0 Å². The zero-order valence-electron chi connectivity index (χ0n) is 8.46. The van der Waals surface area contributed by atoms with Crippen molar-refractivity contribution in [1.29, 1.82) is 0 Å². The van der Waals surface area contributed by atoms with Crippen molar-refractivity contribution in [3.8, 4) is 0 Å². The number of fused-ring (bicyclic) bond motifs is 1. The first kappa shape index (κ1) is 8.61. The zero-order valence-corrected chi connectivity index (χ0v) is 8.46. The van der Waals surface area contributed by atoms with Crippen LogP contribution in [0.2, 0.25) is 0 Å². The molecule has 0 bridgehead atoms. The van der Waals surface area contributed by atoms with E-state index in [0.717, 1.165) is 6.04 Å². The van der Waals surface area contributed by atoms with Crippen LogP contribution in [0.25, 0.3) is 0 Å². The van der Waals surface area contributed by atoms with Crippen LogP contribution in [0.5, 0.6) is 0 Å². The first-order valence-electron chi connectivity index (χ1n) is 5.13. The van der Waals surface area contributed by atoms with Gasteiger partial charge in [-0.1, -0.05) is 25.1 Å². The van der Waals surface area contributed by atoms with E-state index in [2.05, 4.69) is 43.1 Å². The predicted octanol–water partition coefficient (Wildman–Crippen LogP) is 2.85. The molecule has 1 aliphatic heterocycles. The minimum atomic E-state index is 0.745. The van der Waals surface area contributed by atoms with E-state index in [9.17, 15) is 0 Å². The SMILES string of the molecule is CCC1CCc2ccccc2N1C. The van der Waals surface area contributed by atoms with Crippen molar-refractivity contribution in [2.75, 3.05) is 11.9 Å². The standard InChI is InChI=1S/C12H17N/c1-3-11-9-8-10-6-4-5-7-12(10)13(11)2/h4-7,11H,3,8-9H2,1-2H3. The molecule has 0 aliphatic carbocycles. The smallest absolute Gasteiger partial charge is 0.0398 e. The van der Waals surface area contributed by atoms with Crippen molar-refractivity contribution in [2.45, 2.75) is 32.2 Å². The molecular formula is C12H17N. The first-order chi connectivity index (χ1) is 6.33. The van der Waals surface area contributed by atoms with Crippen LogP contribution in [0.4, 0.5) is 5.69 Å². The second-order valence-corrected chi connectivity index (χ2v) is 3.84. The van der Waals surface area contributed by atoms with E-state index < -0.39 is 0 Å². The first-order valence-corrected chi connectivity index (χ1v) is 5.13. The molecule has 1 aliphatic rings. The minimum Gasteiger partial charge on any atom is -0.371 e. The van der Waals surface area contributed by atoms with Crippen LogP contribution in [0, 0.1) is 0 Å². The maximum Gasteiger partial charge on any atom is 0.0398 e. The summed E-state index contributed by atoms with van der Waals surface area (Å²) in [6, 6.07) is 9.50. The van der Waals surface area contributed by atoms with Crippen molar-refractivity contribution in [2.24, 2.45) is 0 Å². The molecule has 1 unspecified atom stereocenters. The topological polar surface area (TPSA) is 3.24 Å². The summed E-state index contributed by atoms with van der Waals surface area (Å²) in [6.07, 6.45) is 3.81. The quantitative estimate of drug-likeness (QED) is 0.634. The normalized spacial score (nSPS) is 21.4. The summed E-state index contributed by atoms with van der Waals surface area (Å²) < 4.78 is 0. The Hall–Kier alpha value is -0.980. The van der Waals surface area contributed by atoms with Crippen molar-refractivity contribution in [1.82, 2.24) is 0 Å². The molecule has 0 amide bonds. The molecule has 1 heteroatoms. The van der Waals surface area contributed by atoms with E-state index in [1.54, 1.807) is 0 Å². The Morgan fingerprint density at radius 2 is 2.15 bits per heavy atom. The van der Waals surface area contributed by atoms with Gasteiger partial charge in [0.05, 0.1) is 0 Å². The van der Waals surface area contributed by atoms with Gasteiger partial charge in [0.25, 0.3) is 0 Å². The second-order valence-electron chi connectivity index (χ2n) is 3.84. The van der Waals surface area contributed by atoms with Crippen LogP contribution in [-0.4, -0.2) is 13.1 Å². The van der Waals surface area contributed by atoms with Gasteiger partial charge in [0, 0.05) is 18.8 Å². The lowest BCUT2D eigenvalue weighted by atomic mass is 9.95. The Bertz CT molecular complexity index is 293. The Balaban J connectivity index is 2.33. The van der Waals surface area contributed by atoms with Crippen molar-refractivity contribution >= 4 is 5.69 Å². The number of aryl methyl sites for hydroxylation is 1. The number of para-hydroxylation sites is 1. The number of anilines is 1. The molecule has 1 nitrogen and oxygen atoms in total. The highest BCUT2D eigenvalue weighted by atomic mass is 15.1. The average Bonchev–Trinajstić information content (AvgIpc) is 2.19. The summed E-state index contributed by atoms with van der Waals surface area (Å²) in [6.45, 7) is 2.27. The second kappa shape index (κ2) is 3.41. The van der Waals surface area contributed by atoms with Gasteiger partial charge in [0.15, 0.2) is 0 Å². The third kappa shape index (κ3) is 1.43. The van der Waals surface area contributed by atoms with Gasteiger partial charge in [-0.15, -0.1) is 0 Å². The molecular weight excluding hydrogens is 158 g/mol. The third-order valence-electron chi connectivity index (χ3n) is 3.14. The van der Waals surface area contributed by atoms with E-state index in [4.69, 9.17) is 0 Å². The van der Waals surface area contributed by atoms with E-state index >= 15 is 0 Å². The van der Waals surface area contributed by atoms with Crippen molar-refractivity contribution < 1.29 is 0 Å². The number of hydrogen-bond donors (Lipinski definition) is 0. The summed E-state index contributed by atoms with van der Waals surface area (Å²) in [5.41, 5.74) is 2.94.